The smallest absolute Gasteiger partial charge is 0.191 e. The first-order chi connectivity index (χ1) is 6.20. The number of rotatable bonds is 5. The van der Waals surface area contributed by atoms with Gasteiger partial charge in [-0.05, 0) is 24.1 Å². The normalized spacial score (nSPS) is 15.3. The van der Waals surface area contributed by atoms with Crippen LogP contribution in [0.25, 0.3) is 0 Å². The Hall–Kier alpha value is -0.153. The monoisotopic (exact) mass is 216 g/mol. The fourth-order valence-corrected chi connectivity index (χ4v) is 1.93. The van der Waals surface area contributed by atoms with E-state index in [0.717, 1.165) is 12.9 Å². The summed E-state index contributed by atoms with van der Waals surface area (Å²) in [4.78, 5) is 10.3. The first-order valence-electron chi connectivity index (χ1n) is 5.28. The van der Waals surface area contributed by atoms with Gasteiger partial charge in [0.1, 0.15) is 6.29 Å². The van der Waals surface area contributed by atoms with Gasteiger partial charge in [0.25, 0.3) is 0 Å². The van der Waals surface area contributed by atoms with Crippen molar-refractivity contribution in [2.45, 2.75) is 52.2 Å². The van der Waals surface area contributed by atoms with Crippen LogP contribution in [-0.2, 0) is 9.22 Å². The van der Waals surface area contributed by atoms with Crippen molar-refractivity contribution in [1.82, 2.24) is 0 Å². The summed E-state index contributed by atoms with van der Waals surface area (Å²) in [5.41, 5.74) is 0. The summed E-state index contributed by atoms with van der Waals surface area (Å²) < 4.78 is 5.99. The molecule has 0 aliphatic rings. The summed E-state index contributed by atoms with van der Waals surface area (Å²) in [6, 6.07) is 0. The van der Waals surface area contributed by atoms with Gasteiger partial charge in [-0.3, -0.25) is 0 Å². The molecule has 0 aliphatic heterocycles. The largest absolute Gasteiger partial charge is 0.417 e. The second kappa shape index (κ2) is 5.08. The molecular formula is C11H24O2Si. The van der Waals surface area contributed by atoms with Crippen LogP contribution in [0.2, 0.25) is 18.1 Å². The lowest BCUT2D eigenvalue weighted by Crippen LogP contribution is -2.41. The molecule has 0 aromatic heterocycles. The van der Waals surface area contributed by atoms with Crippen molar-refractivity contribution in [2.75, 3.05) is 6.61 Å². The Morgan fingerprint density at radius 3 is 2.21 bits per heavy atom. The van der Waals surface area contributed by atoms with Crippen LogP contribution in [0.15, 0.2) is 0 Å². The Morgan fingerprint density at radius 1 is 1.36 bits per heavy atom. The summed E-state index contributed by atoms with van der Waals surface area (Å²) in [5, 5.41) is 0.258. The van der Waals surface area contributed by atoms with Gasteiger partial charge in [-0.25, -0.2) is 0 Å². The molecule has 14 heavy (non-hydrogen) atoms. The first kappa shape index (κ1) is 13.8. The molecule has 0 rings (SSSR count). The zero-order valence-electron chi connectivity index (χ0n) is 10.4. The third kappa shape index (κ3) is 4.38. The Kier molecular flexibility index (Phi) is 5.02. The van der Waals surface area contributed by atoms with Gasteiger partial charge in [-0.2, -0.15) is 0 Å². The molecule has 0 aromatic rings. The van der Waals surface area contributed by atoms with Gasteiger partial charge >= 0.3 is 0 Å². The number of hydrogen-bond donors (Lipinski definition) is 0. The summed E-state index contributed by atoms with van der Waals surface area (Å²) in [7, 11) is -1.61. The van der Waals surface area contributed by atoms with E-state index in [1.807, 2.05) is 0 Å². The van der Waals surface area contributed by atoms with E-state index in [0.29, 0.717) is 12.3 Å². The molecule has 84 valence electrons. The van der Waals surface area contributed by atoms with E-state index in [-0.39, 0.29) is 5.04 Å². The molecule has 0 N–H and O–H groups in total. The van der Waals surface area contributed by atoms with Crippen LogP contribution < -0.4 is 0 Å². The van der Waals surface area contributed by atoms with Crippen LogP contribution in [0, 0.1) is 5.92 Å². The average molecular weight is 216 g/mol. The number of hydrogen-bond acceptors (Lipinski definition) is 2. The van der Waals surface area contributed by atoms with Crippen molar-refractivity contribution in [3.63, 3.8) is 0 Å². The van der Waals surface area contributed by atoms with Gasteiger partial charge in [0, 0.05) is 13.0 Å². The molecule has 1 atom stereocenters. The highest BCUT2D eigenvalue weighted by atomic mass is 28.4. The molecule has 0 heterocycles. The maximum absolute atomic E-state index is 10.3. The Morgan fingerprint density at radius 2 is 1.86 bits per heavy atom. The van der Waals surface area contributed by atoms with Gasteiger partial charge in [0.05, 0.1) is 0 Å². The van der Waals surface area contributed by atoms with Crippen molar-refractivity contribution in [2.24, 2.45) is 5.92 Å². The molecule has 2 nitrogen and oxygen atoms in total. The summed E-state index contributed by atoms with van der Waals surface area (Å²) in [5.74, 6) is 0.349. The van der Waals surface area contributed by atoms with Gasteiger partial charge in [-0.1, -0.05) is 27.7 Å². The van der Waals surface area contributed by atoms with Gasteiger partial charge < -0.3 is 9.22 Å². The summed E-state index contributed by atoms with van der Waals surface area (Å²) >= 11 is 0. The molecule has 0 aliphatic carbocycles. The molecule has 0 amide bonds. The van der Waals surface area contributed by atoms with E-state index in [1.54, 1.807) is 0 Å². The van der Waals surface area contributed by atoms with Crippen molar-refractivity contribution < 1.29 is 9.22 Å². The number of carbonyl (C=O) groups excluding carboxylic acids is 1. The zero-order chi connectivity index (χ0) is 11.4. The molecule has 0 radical (unpaired) electrons. The minimum Gasteiger partial charge on any atom is -0.417 e. The van der Waals surface area contributed by atoms with Gasteiger partial charge in [-0.15, -0.1) is 0 Å². The third-order valence-corrected chi connectivity index (χ3v) is 7.53. The van der Waals surface area contributed by atoms with Crippen LogP contribution >= 0.6 is 0 Å². The van der Waals surface area contributed by atoms with Crippen molar-refractivity contribution in [3.05, 3.63) is 0 Å². The van der Waals surface area contributed by atoms with E-state index >= 15 is 0 Å². The van der Waals surface area contributed by atoms with E-state index in [9.17, 15) is 4.79 Å². The van der Waals surface area contributed by atoms with Crippen LogP contribution in [-0.4, -0.2) is 21.2 Å². The van der Waals surface area contributed by atoms with E-state index in [1.165, 1.54) is 0 Å². The number of carbonyl (C=O) groups is 1. The van der Waals surface area contributed by atoms with Crippen LogP contribution in [0.4, 0.5) is 0 Å². The lowest BCUT2D eigenvalue weighted by atomic mass is 10.1. The second-order valence-electron chi connectivity index (χ2n) is 5.58. The fraction of sp³-hybridized carbons (Fsp3) is 0.909. The molecule has 0 unspecified atom stereocenters. The predicted octanol–water partition coefficient (Wildman–Crippen LogP) is 3.23. The quantitative estimate of drug-likeness (QED) is 0.521. The highest BCUT2D eigenvalue weighted by Crippen LogP contribution is 2.36. The Labute approximate surface area is 89.2 Å². The standard InChI is InChI=1S/C11H24O2Si/c1-10(7-8-12)9-13-14(5,6)11(2,3)4/h8,10H,7,9H2,1-6H3/t10-/m1/s1. The van der Waals surface area contributed by atoms with E-state index in [2.05, 4.69) is 40.8 Å². The van der Waals surface area contributed by atoms with Crippen LogP contribution in [0.3, 0.4) is 0 Å². The predicted molar refractivity (Wildman–Crippen MR) is 63.0 cm³/mol. The van der Waals surface area contributed by atoms with Crippen LogP contribution in [0.1, 0.15) is 34.1 Å². The van der Waals surface area contributed by atoms with Gasteiger partial charge in [0.2, 0.25) is 0 Å². The molecule has 0 saturated carbocycles. The highest BCUT2D eigenvalue weighted by Gasteiger charge is 2.37. The first-order valence-corrected chi connectivity index (χ1v) is 8.19. The molecule has 3 heteroatoms. The third-order valence-electron chi connectivity index (χ3n) is 3.03. The molecule has 0 bridgehead atoms. The minimum atomic E-state index is -1.61. The maximum atomic E-state index is 10.3. The fourth-order valence-electron chi connectivity index (χ4n) is 0.799. The molecule has 0 saturated heterocycles. The number of aldehydes is 1. The lowest BCUT2D eigenvalue weighted by Gasteiger charge is -2.36. The van der Waals surface area contributed by atoms with Crippen molar-refractivity contribution >= 4 is 14.6 Å². The minimum absolute atomic E-state index is 0.258. The molecule has 0 fully saturated rings. The summed E-state index contributed by atoms with van der Waals surface area (Å²) in [6.07, 6.45) is 1.58. The Balaban J connectivity index is 4.05. The maximum Gasteiger partial charge on any atom is 0.191 e. The van der Waals surface area contributed by atoms with Crippen molar-refractivity contribution in [3.8, 4) is 0 Å². The van der Waals surface area contributed by atoms with Crippen molar-refractivity contribution in [1.29, 1.82) is 0 Å². The lowest BCUT2D eigenvalue weighted by molar-refractivity contribution is -0.108. The zero-order valence-corrected chi connectivity index (χ0v) is 11.4. The second-order valence-corrected chi connectivity index (χ2v) is 10.4. The molecule has 0 aromatic carbocycles. The van der Waals surface area contributed by atoms with Gasteiger partial charge in [0.15, 0.2) is 8.32 Å². The Bertz CT molecular complexity index is 182. The summed E-state index contributed by atoms with van der Waals surface area (Å²) in [6.45, 7) is 13.9. The van der Waals surface area contributed by atoms with E-state index < -0.39 is 8.32 Å². The van der Waals surface area contributed by atoms with E-state index in [4.69, 9.17) is 4.43 Å². The average Bonchev–Trinajstić information content (AvgIpc) is 1.99. The SMILES string of the molecule is C[C@H](CC=O)CO[Si](C)(C)C(C)(C)C. The highest BCUT2D eigenvalue weighted by molar-refractivity contribution is 6.74. The molecule has 0 spiro atoms. The van der Waals surface area contributed by atoms with Crippen LogP contribution in [0.5, 0.6) is 0 Å². The topological polar surface area (TPSA) is 26.3 Å². The molecular weight excluding hydrogens is 192 g/mol.